The lowest BCUT2D eigenvalue weighted by Crippen LogP contribution is -2.50. The molecule has 1 aromatic carbocycles. The molecule has 1 aromatic heterocycles. The number of rotatable bonds is 6. The number of carbonyl (C=O) groups excluding carboxylic acids is 1. The predicted molar refractivity (Wildman–Crippen MR) is 136 cm³/mol. The summed E-state index contributed by atoms with van der Waals surface area (Å²) in [7, 11) is -2.13. The van der Waals surface area contributed by atoms with Crippen LogP contribution in [0.15, 0.2) is 41.8 Å². The van der Waals surface area contributed by atoms with Crippen molar-refractivity contribution in [3.05, 3.63) is 36.9 Å². The van der Waals surface area contributed by atoms with Gasteiger partial charge in [-0.2, -0.15) is 4.31 Å². The zero-order chi connectivity index (χ0) is 25.9. The maximum Gasteiger partial charge on any atom is 0.247 e. The van der Waals surface area contributed by atoms with Gasteiger partial charge >= 0.3 is 0 Å². The van der Waals surface area contributed by atoms with Crippen molar-refractivity contribution >= 4 is 15.9 Å². The van der Waals surface area contributed by atoms with Gasteiger partial charge in [-0.3, -0.25) is 4.79 Å². The molecule has 0 radical (unpaired) electrons. The zero-order valence-electron chi connectivity index (χ0n) is 21.2. The largest absolute Gasteiger partial charge is 0.487 e. The van der Waals surface area contributed by atoms with Crippen LogP contribution in [0.3, 0.4) is 0 Å². The summed E-state index contributed by atoms with van der Waals surface area (Å²) in [5, 5.41) is 9.83. The number of likely N-dealkylation sites (N-methyl/N-ethyl adjacent to an activating group) is 1. The molecule has 9 nitrogen and oxygen atoms in total. The van der Waals surface area contributed by atoms with E-state index in [-0.39, 0.29) is 41.5 Å². The van der Waals surface area contributed by atoms with Crippen LogP contribution in [-0.4, -0.2) is 77.5 Å². The van der Waals surface area contributed by atoms with Crippen molar-refractivity contribution in [2.24, 2.45) is 11.8 Å². The Morgan fingerprint density at radius 1 is 1.19 bits per heavy atom. The molecule has 2 aliphatic rings. The Balaban J connectivity index is 1.70. The van der Waals surface area contributed by atoms with Gasteiger partial charge in [-0.25, -0.2) is 18.4 Å². The molecule has 1 amide bonds. The third kappa shape index (κ3) is 5.55. The standard InChI is InChI=1S/C26H36N4O5S/c1-18-14-30(19(2)16-31)36(33,34)25-10-9-21(22-12-27-17-28-13-22)11-23(25)35-24(18)15-29(3)26(32)20-7-5-4-6-8-20/h9-13,17-20,24,31H,4-8,14-16H2,1-3H3/t18-,19-,24-/m0/s1. The summed E-state index contributed by atoms with van der Waals surface area (Å²) >= 11 is 0. The van der Waals surface area contributed by atoms with Crippen molar-refractivity contribution in [1.82, 2.24) is 19.2 Å². The second kappa shape index (κ2) is 11.2. The van der Waals surface area contributed by atoms with Crippen molar-refractivity contribution in [3.63, 3.8) is 0 Å². The minimum absolute atomic E-state index is 0.0378. The van der Waals surface area contributed by atoms with E-state index in [1.807, 2.05) is 6.92 Å². The molecule has 196 valence electrons. The second-order valence-corrected chi connectivity index (χ2v) is 11.9. The number of nitrogens with zero attached hydrogens (tertiary/aromatic N) is 4. The predicted octanol–water partition coefficient (Wildman–Crippen LogP) is 2.95. The number of amides is 1. The fourth-order valence-corrected chi connectivity index (χ4v) is 6.92. The summed E-state index contributed by atoms with van der Waals surface area (Å²) in [4.78, 5) is 23.1. The minimum atomic E-state index is -3.93. The van der Waals surface area contributed by atoms with Crippen molar-refractivity contribution < 1.29 is 23.1 Å². The van der Waals surface area contributed by atoms with E-state index in [0.29, 0.717) is 6.54 Å². The molecule has 0 saturated heterocycles. The van der Waals surface area contributed by atoms with E-state index >= 15 is 0 Å². The highest BCUT2D eigenvalue weighted by molar-refractivity contribution is 7.89. The molecule has 0 spiro atoms. The summed E-state index contributed by atoms with van der Waals surface area (Å²) in [5.41, 5.74) is 1.46. The lowest BCUT2D eigenvalue weighted by molar-refractivity contribution is -0.136. The van der Waals surface area contributed by atoms with Gasteiger partial charge in [-0.05, 0) is 37.5 Å². The fraction of sp³-hybridized carbons (Fsp3) is 0.577. The monoisotopic (exact) mass is 516 g/mol. The molecule has 0 bridgehead atoms. The number of ether oxygens (including phenoxy) is 1. The maximum absolute atomic E-state index is 13.7. The molecule has 1 aliphatic carbocycles. The number of benzene rings is 1. The average Bonchev–Trinajstić information content (AvgIpc) is 2.90. The van der Waals surface area contributed by atoms with Crippen LogP contribution in [0.25, 0.3) is 11.1 Å². The van der Waals surface area contributed by atoms with Crippen LogP contribution >= 0.6 is 0 Å². The Bertz CT molecular complexity index is 1150. The van der Waals surface area contributed by atoms with Crippen LogP contribution in [0.4, 0.5) is 0 Å². The van der Waals surface area contributed by atoms with Crippen LogP contribution < -0.4 is 4.74 Å². The summed E-state index contributed by atoms with van der Waals surface area (Å²) in [6.07, 6.45) is 9.46. The van der Waals surface area contributed by atoms with E-state index in [1.54, 1.807) is 43.4 Å². The number of hydrogen-bond acceptors (Lipinski definition) is 7. The first kappa shape index (κ1) is 26.5. The molecule has 10 heteroatoms. The fourth-order valence-electron chi connectivity index (χ4n) is 5.09. The number of sulfonamides is 1. The van der Waals surface area contributed by atoms with E-state index in [4.69, 9.17) is 4.74 Å². The first-order valence-electron chi connectivity index (χ1n) is 12.7. The van der Waals surface area contributed by atoms with Crippen LogP contribution in [0, 0.1) is 11.8 Å². The zero-order valence-corrected chi connectivity index (χ0v) is 22.0. The van der Waals surface area contributed by atoms with E-state index in [2.05, 4.69) is 9.97 Å². The van der Waals surface area contributed by atoms with Gasteiger partial charge in [-0.15, -0.1) is 0 Å². The normalized spacial score (nSPS) is 23.6. The molecule has 2 aromatic rings. The van der Waals surface area contributed by atoms with E-state index in [0.717, 1.165) is 36.8 Å². The first-order valence-corrected chi connectivity index (χ1v) is 14.1. The van der Waals surface area contributed by atoms with E-state index in [9.17, 15) is 18.3 Å². The van der Waals surface area contributed by atoms with Crippen LogP contribution in [0.1, 0.15) is 46.0 Å². The summed E-state index contributed by atoms with van der Waals surface area (Å²) in [6.45, 7) is 3.84. The van der Waals surface area contributed by atoms with Gasteiger partial charge in [-0.1, -0.05) is 32.3 Å². The lowest BCUT2D eigenvalue weighted by Gasteiger charge is -2.38. The van der Waals surface area contributed by atoms with Crippen molar-refractivity contribution in [2.75, 3.05) is 26.7 Å². The second-order valence-electron chi connectivity index (χ2n) is 10.1. The Morgan fingerprint density at radius 3 is 2.56 bits per heavy atom. The molecule has 1 N–H and O–H groups in total. The van der Waals surface area contributed by atoms with Gasteiger partial charge in [0.25, 0.3) is 0 Å². The van der Waals surface area contributed by atoms with Gasteiger partial charge in [0.1, 0.15) is 23.1 Å². The first-order chi connectivity index (χ1) is 17.2. The Morgan fingerprint density at radius 2 is 1.89 bits per heavy atom. The number of aliphatic hydroxyl groups is 1. The number of carbonyl (C=O) groups is 1. The van der Waals surface area contributed by atoms with Gasteiger partial charge in [0, 0.05) is 49.4 Å². The third-order valence-corrected chi connectivity index (χ3v) is 9.36. The van der Waals surface area contributed by atoms with Gasteiger partial charge in [0.2, 0.25) is 15.9 Å². The van der Waals surface area contributed by atoms with Gasteiger partial charge < -0.3 is 14.7 Å². The maximum atomic E-state index is 13.7. The van der Waals surface area contributed by atoms with Crippen LogP contribution in [-0.2, 0) is 14.8 Å². The molecular formula is C26H36N4O5S. The molecule has 1 fully saturated rings. The Labute approximate surface area is 213 Å². The van der Waals surface area contributed by atoms with Gasteiger partial charge in [0.05, 0.1) is 13.2 Å². The van der Waals surface area contributed by atoms with E-state index in [1.165, 1.54) is 23.1 Å². The SMILES string of the molecule is C[C@H]1CN([C@@H](C)CO)S(=O)(=O)c2ccc(-c3cncnc3)cc2O[C@H]1CN(C)C(=O)C1CCCCC1. The molecule has 0 unspecified atom stereocenters. The summed E-state index contributed by atoms with van der Waals surface area (Å²) in [6, 6.07) is 4.34. The summed E-state index contributed by atoms with van der Waals surface area (Å²) < 4.78 is 35.1. The topological polar surface area (TPSA) is 113 Å². The summed E-state index contributed by atoms with van der Waals surface area (Å²) in [5.74, 6) is 0.154. The average molecular weight is 517 g/mol. The smallest absolute Gasteiger partial charge is 0.247 e. The minimum Gasteiger partial charge on any atom is -0.487 e. The Kier molecular flexibility index (Phi) is 8.27. The highest BCUT2D eigenvalue weighted by Crippen LogP contribution is 2.36. The van der Waals surface area contributed by atoms with Crippen LogP contribution in [0.2, 0.25) is 0 Å². The highest BCUT2D eigenvalue weighted by Gasteiger charge is 2.39. The number of aliphatic hydroxyl groups excluding tert-OH is 1. The molecule has 36 heavy (non-hydrogen) atoms. The van der Waals surface area contributed by atoms with Crippen molar-refractivity contribution in [2.45, 2.75) is 63.0 Å². The molecular weight excluding hydrogens is 480 g/mol. The quantitative estimate of drug-likeness (QED) is 0.628. The number of fused-ring (bicyclic) bond motifs is 1. The molecule has 1 aliphatic heterocycles. The van der Waals surface area contributed by atoms with Gasteiger partial charge in [0.15, 0.2) is 0 Å². The highest BCUT2D eigenvalue weighted by atomic mass is 32.2. The number of aromatic nitrogens is 2. The van der Waals surface area contributed by atoms with Crippen LogP contribution in [0.5, 0.6) is 5.75 Å². The molecule has 2 heterocycles. The van der Waals surface area contributed by atoms with Crippen molar-refractivity contribution in [3.8, 4) is 16.9 Å². The third-order valence-electron chi connectivity index (χ3n) is 7.35. The number of hydrogen-bond donors (Lipinski definition) is 1. The molecule has 4 rings (SSSR count). The Hall–Kier alpha value is -2.56. The van der Waals surface area contributed by atoms with E-state index < -0.39 is 22.2 Å². The molecule has 3 atom stereocenters. The molecule has 1 saturated carbocycles. The van der Waals surface area contributed by atoms with Crippen molar-refractivity contribution in [1.29, 1.82) is 0 Å². The lowest BCUT2D eigenvalue weighted by atomic mass is 9.88.